The molecule has 5 aliphatic rings. The third-order valence-corrected chi connectivity index (χ3v) is 10.7. The van der Waals surface area contributed by atoms with Crippen molar-refractivity contribution in [1.82, 2.24) is 20.2 Å². The van der Waals surface area contributed by atoms with E-state index in [4.69, 9.17) is 16.3 Å². The van der Waals surface area contributed by atoms with Crippen LogP contribution in [0.15, 0.2) is 42.6 Å². The molecule has 5 fully saturated rings. The van der Waals surface area contributed by atoms with E-state index >= 15 is 0 Å². The minimum absolute atomic E-state index is 0.205. The van der Waals surface area contributed by atoms with E-state index in [1.807, 2.05) is 25.1 Å². The van der Waals surface area contributed by atoms with Crippen molar-refractivity contribution in [2.45, 2.75) is 50.7 Å². The second-order valence-corrected chi connectivity index (χ2v) is 13.7. The van der Waals surface area contributed by atoms with Gasteiger partial charge in [0.2, 0.25) is 5.95 Å². The first-order chi connectivity index (χ1) is 21.7. The molecule has 3 aromatic rings. The lowest BCUT2D eigenvalue weighted by atomic mass is 9.52. The molecule has 1 aliphatic heterocycles. The fourth-order valence-corrected chi connectivity index (χ4v) is 8.86. The van der Waals surface area contributed by atoms with Crippen molar-refractivity contribution in [3.8, 4) is 5.75 Å². The van der Waals surface area contributed by atoms with Gasteiger partial charge >= 0.3 is 0 Å². The van der Waals surface area contributed by atoms with Gasteiger partial charge in [-0.25, -0.2) is 4.98 Å². The average molecular weight is 632 g/mol. The van der Waals surface area contributed by atoms with Crippen LogP contribution in [0.1, 0.15) is 48.0 Å². The van der Waals surface area contributed by atoms with Gasteiger partial charge in [-0.3, -0.25) is 9.69 Å². The van der Waals surface area contributed by atoms with E-state index in [9.17, 15) is 9.90 Å². The molecule has 238 valence electrons. The van der Waals surface area contributed by atoms with Gasteiger partial charge in [-0.05, 0) is 80.5 Å². The van der Waals surface area contributed by atoms with E-state index < -0.39 is 0 Å². The summed E-state index contributed by atoms with van der Waals surface area (Å²) < 4.78 is 5.79. The molecule has 0 radical (unpaired) electrons. The number of nitrogens with one attached hydrogen (secondary N) is 3. The molecule has 2 atom stereocenters. The molecule has 1 saturated heterocycles. The number of aromatic nitrogens is 2. The van der Waals surface area contributed by atoms with Crippen LogP contribution in [0.3, 0.4) is 0 Å². The summed E-state index contributed by atoms with van der Waals surface area (Å²) in [6, 6.07) is 12.3. The first kappa shape index (κ1) is 30.1. The van der Waals surface area contributed by atoms with Crippen molar-refractivity contribution >= 4 is 46.3 Å². The zero-order valence-corrected chi connectivity index (χ0v) is 26.9. The quantitative estimate of drug-likeness (QED) is 0.261. The number of anilines is 5. The highest BCUT2D eigenvalue weighted by molar-refractivity contribution is 6.33. The van der Waals surface area contributed by atoms with E-state index in [1.54, 1.807) is 20.2 Å². The molecular formula is C34H42ClN7O3. The number of halogens is 1. The Morgan fingerprint density at radius 3 is 2.51 bits per heavy atom. The molecule has 4 aliphatic carbocycles. The molecular weight excluding hydrogens is 590 g/mol. The van der Waals surface area contributed by atoms with Crippen molar-refractivity contribution in [2.24, 2.45) is 17.8 Å². The highest BCUT2D eigenvalue weighted by Crippen LogP contribution is 2.57. The number of hydrogen-bond acceptors (Lipinski definition) is 9. The molecule has 1 aromatic heterocycles. The van der Waals surface area contributed by atoms with Crippen LogP contribution in [-0.4, -0.2) is 77.9 Å². The number of aliphatic hydroxyl groups is 1. The van der Waals surface area contributed by atoms with Crippen LogP contribution in [0.25, 0.3) is 0 Å². The molecule has 45 heavy (non-hydrogen) atoms. The lowest BCUT2D eigenvalue weighted by molar-refractivity contribution is -0.160. The van der Waals surface area contributed by atoms with Gasteiger partial charge in [-0.2, -0.15) is 4.98 Å². The lowest BCUT2D eigenvalue weighted by Gasteiger charge is -2.61. The summed E-state index contributed by atoms with van der Waals surface area (Å²) >= 11 is 6.47. The molecule has 8 rings (SSSR count). The number of piperazine rings is 1. The topological polar surface area (TPSA) is 115 Å². The number of amides is 1. The number of methoxy groups -OCH3 is 1. The van der Waals surface area contributed by atoms with E-state index in [0.29, 0.717) is 51.7 Å². The van der Waals surface area contributed by atoms with Gasteiger partial charge in [0.1, 0.15) is 10.8 Å². The van der Waals surface area contributed by atoms with Crippen LogP contribution in [0.5, 0.6) is 5.75 Å². The summed E-state index contributed by atoms with van der Waals surface area (Å²) in [5.74, 6) is 3.26. The minimum Gasteiger partial charge on any atom is -0.494 e. The molecule has 0 spiro atoms. The molecule has 2 heterocycles. The Labute approximate surface area is 269 Å². The second kappa shape index (κ2) is 12.0. The SMILES string of the molecule is CNC(=O)c1cccc(C)c1Nc1nc(Nc2ccc(N3CCN([C@H]4C5CC6CC4C[C@@](O)(C6)C5)CC3)cc2OC)ncc1Cl. The number of para-hydroxylation sites is 1. The van der Waals surface area contributed by atoms with Crippen molar-refractivity contribution in [3.05, 3.63) is 58.7 Å². The molecule has 4 bridgehead atoms. The fourth-order valence-electron chi connectivity index (χ4n) is 8.72. The molecule has 4 saturated carbocycles. The van der Waals surface area contributed by atoms with Crippen molar-refractivity contribution in [2.75, 3.05) is 55.9 Å². The summed E-state index contributed by atoms with van der Waals surface area (Å²) in [6.07, 6.45) is 7.15. The van der Waals surface area contributed by atoms with Crippen molar-refractivity contribution < 1.29 is 14.6 Å². The molecule has 4 N–H and O–H groups in total. The summed E-state index contributed by atoms with van der Waals surface area (Å²) in [5, 5.41) is 20.6. The number of carbonyl (C=O) groups excluding carboxylic acids is 1. The Bertz CT molecular complexity index is 1580. The number of carbonyl (C=O) groups is 1. The smallest absolute Gasteiger partial charge is 0.253 e. The third-order valence-electron chi connectivity index (χ3n) is 10.5. The zero-order chi connectivity index (χ0) is 31.3. The summed E-state index contributed by atoms with van der Waals surface area (Å²) in [7, 11) is 3.26. The number of aryl methyl sites for hydroxylation is 1. The van der Waals surface area contributed by atoms with Crippen molar-refractivity contribution in [1.29, 1.82) is 0 Å². The number of benzene rings is 2. The highest BCUT2D eigenvalue weighted by Gasteiger charge is 2.56. The van der Waals surface area contributed by atoms with Crippen LogP contribution in [0.4, 0.5) is 28.8 Å². The Morgan fingerprint density at radius 1 is 1.07 bits per heavy atom. The maximum Gasteiger partial charge on any atom is 0.253 e. The maximum absolute atomic E-state index is 12.5. The Kier molecular flexibility index (Phi) is 8.00. The van der Waals surface area contributed by atoms with E-state index in [0.717, 1.165) is 68.3 Å². The summed E-state index contributed by atoms with van der Waals surface area (Å²) in [4.78, 5) is 26.6. The molecule has 10 nitrogen and oxygen atoms in total. The minimum atomic E-state index is -0.381. The second-order valence-electron chi connectivity index (χ2n) is 13.3. The van der Waals surface area contributed by atoms with Crippen molar-refractivity contribution in [3.63, 3.8) is 0 Å². The Balaban J connectivity index is 1.03. The molecule has 11 heteroatoms. The van der Waals surface area contributed by atoms with E-state index in [2.05, 4.69) is 47.9 Å². The van der Waals surface area contributed by atoms with Gasteiger partial charge in [0, 0.05) is 51.0 Å². The fraction of sp³-hybridized carbons (Fsp3) is 0.500. The molecule has 2 aromatic carbocycles. The summed E-state index contributed by atoms with van der Waals surface area (Å²) in [5.41, 5.74) is 3.49. The normalized spacial score (nSPS) is 27.4. The van der Waals surface area contributed by atoms with Crippen LogP contribution < -0.4 is 25.6 Å². The average Bonchev–Trinajstić information content (AvgIpc) is 3.02. The number of nitrogens with zero attached hydrogens (tertiary/aromatic N) is 4. The van der Waals surface area contributed by atoms with Gasteiger partial charge in [-0.1, -0.05) is 23.7 Å². The highest BCUT2D eigenvalue weighted by atomic mass is 35.5. The summed E-state index contributed by atoms with van der Waals surface area (Å²) in [6.45, 7) is 5.93. The predicted molar refractivity (Wildman–Crippen MR) is 177 cm³/mol. The third kappa shape index (κ3) is 5.79. The Hall–Kier alpha value is -3.60. The number of rotatable bonds is 8. The van der Waals surface area contributed by atoms with Gasteiger partial charge in [0.15, 0.2) is 5.82 Å². The number of hydrogen-bond donors (Lipinski definition) is 4. The number of ether oxygens (including phenoxy) is 1. The first-order valence-corrected chi connectivity index (χ1v) is 16.4. The van der Waals surface area contributed by atoms with Crippen LogP contribution >= 0.6 is 11.6 Å². The maximum atomic E-state index is 12.5. The van der Waals surface area contributed by atoms with Gasteiger partial charge in [-0.15, -0.1) is 0 Å². The van der Waals surface area contributed by atoms with Crippen LogP contribution in [0, 0.1) is 24.7 Å². The first-order valence-electron chi connectivity index (χ1n) is 16.0. The zero-order valence-electron chi connectivity index (χ0n) is 26.1. The van der Waals surface area contributed by atoms with Gasteiger partial charge in [0.25, 0.3) is 5.91 Å². The lowest BCUT2D eigenvalue weighted by Crippen LogP contribution is -2.64. The Morgan fingerprint density at radius 2 is 1.82 bits per heavy atom. The van der Waals surface area contributed by atoms with Gasteiger partial charge in [0.05, 0.1) is 35.8 Å². The van der Waals surface area contributed by atoms with Crippen LogP contribution in [0.2, 0.25) is 5.02 Å². The van der Waals surface area contributed by atoms with Crippen LogP contribution in [-0.2, 0) is 0 Å². The van der Waals surface area contributed by atoms with E-state index in [1.165, 1.54) is 19.0 Å². The standard InChI is InChI=1S/C34H42ClN7O3/c1-20-5-4-6-25(32(43)36-2)29(20)39-31-26(35)19-37-33(40-31)38-27-8-7-24(15-28(27)45-3)41-9-11-42(12-10-41)30-22-13-21-14-23(30)18-34(44,16-21)17-22/h4-8,15,19,21-23,30,44H,9-14,16-18H2,1-3H3,(H,36,43)(H2,37,38,39,40)/t21?,22?,23?,30-,34+. The largest absolute Gasteiger partial charge is 0.494 e. The molecule has 2 unspecified atom stereocenters. The van der Waals surface area contributed by atoms with E-state index in [-0.39, 0.29) is 11.5 Å². The van der Waals surface area contributed by atoms with Gasteiger partial charge < -0.3 is 30.7 Å². The molecule has 1 amide bonds. The predicted octanol–water partition coefficient (Wildman–Crippen LogP) is 5.36. The monoisotopic (exact) mass is 631 g/mol.